The van der Waals surface area contributed by atoms with Crippen LogP contribution in [0, 0.1) is 11.3 Å². The summed E-state index contributed by atoms with van der Waals surface area (Å²) in [5.74, 6) is 1.57. The molecule has 0 spiro atoms. The fourth-order valence-corrected chi connectivity index (χ4v) is 3.61. The van der Waals surface area contributed by atoms with Crippen LogP contribution in [0.15, 0.2) is 72.9 Å². The summed E-state index contributed by atoms with van der Waals surface area (Å²) in [4.78, 5) is 4.51. The number of aromatic nitrogens is 1. The topological polar surface area (TPSA) is 67.2 Å². The number of rotatable bonds is 4. The largest absolute Gasteiger partial charge is 0.486 e. The number of hydrogen-bond acceptors (Lipinski definition) is 5. The fraction of sp³-hybridized carbons (Fsp3) is 0.120. The molecule has 3 aromatic carbocycles. The molecular weight excluding hydrogens is 374 g/mol. The molecule has 1 aromatic heterocycles. The van der Waals surface area contributed by atoms with Gasteiger partial charge in [0.25, 0.3) is 0 Å². The molecule has 0 saturated carbocycles. The first-order valence-electron chi connectivity index (χ1n) is 9.82. The highest BCUT2D eigenvalue weighted by molar-refractivity contribution is 5.95. The monoisotopic (exact) mass is 393 g/mol. The van der Waals surface area contributed by atoms with Gasteiger partial charge in [-0.25, -0.2) is 0 Å². The maximum Gasteiger partial charge on any atom is 0.161 e. The first kappa shape index (κ1) is 18.0. The van der Waals surface area contributed by atoms with Crippen molar-refractivity contribution in [2.45, 2.75) is 6.42 Å². The predicted octanol–water partition coefficient (Wildman–Crippen LogP) is 5.48. The number of nitrogens with one attached hydrogen (secondary N) is 1. The van der Waals surface area contributed by atoms with E-state index in [9.17, 15) is 0 Å². The molecule has 5 rings (SSSR count). The van der Waals surface area contributed by atoms with Crippen LogP contribution in [0.5, 0.6) is 11.5 Å². The molecule has 0 radical (unpaired) electrons. The Kier molecular flexibility index (Phi) is 4.66. The molecule has 0 atom stereocenters. The van der Waals surface area contributed by atoms with Crippen molar-refractivity contribution in [2.75, 3.05) is 18.5 Å². The third-order valence-electron chi connectivity index (χ3n) is 5.13. The van der Waals surface area contributed by atoms with Crippen LogP contribution in [0.4, 0.5) is 11.4 Å². The Morgan fingerprint density at radius 1 is 0.867 bits per heavy atom. The van der Waals surface area contributed by atoms with E-state index in [1.54, 1.807) is 6.20 Å². The molecule has 1 aliphatic heterocycles. The summed E-state index contributed by atoms with van der Waals surface area (Å²) < 4.78 is 11.4. The van der Waals surface area contributed by atoms with Gasteiger partial charge in [0.2, 0.25) is 0 Å². The van der Waals surface area contributed by atoms with Crippen LogP contribution in [-0.4, -0.2) is 18.2 Å². The average Bonchev–Trinajstić information content (AvgIpc) is 2.80. The average molecular weight is 393 g/mol. The Balaban J connectivity index is 1.50. The van der Waals surface area contributed by atoms with Crippen molar-refractivity contribution in [3.63, 3.8) is 0 Å². The SMILES string of the molecule is N#CCc1ccc(Nc2ccnc3ccc(-c4ccc5c(c4)OCCO5)cc23)cc1. The van der Waals surface area contributed by atoms with Crippen LogP contribution in [-0.2, 0) is 6.42 Å². The molecular formula is C25H19N3O2. The lowest BCUT2D eigenvalue weighted by Crippen LogP contribution is -2.15. The highest BCUT2D eigenvalue weighted by atomic mass is 16.6. The number of anilines is 2. The van der Waals surface area contributed by atoms with Crippen molar-refractivity contribution in [3.05, 3.63) is 78.5 Å². The molecule has 146 valence electrons. The van der Waals surface area contributed by atoms with Crippen LogP contribution >= 0.6 is 0 Å². The van der Waals surface area contributed by atoms with E-state index >= 15 is 0 Å². The summed E-state index contributed by atoms with van der Waals surface area (Å²) in [6, 6.07) is 24.3. The molecule has 2 heterocycles. The van der Waals surface area contributed by atoms with Crippen LogP contribution in [0.25, 0.3) is 22.0 Å². The minimum atomic E-state index is 0.414. The second-order valence-electron chi connectivity index (χ2n) is 7.11. The van der Waals surface area contributed by atoms with Gasteiger partial charge in [-0.3, -0.25) is 4.98 Å². The zero-order valence-corrected chi connectivity index (χ0v) is 16.3. The maximum atomic E-state index is 8.84. The predicted molar refractivity (Wildman–Crippen MR) is 117 cm³/mol. The van der Waals surface area contributed by atoms with Crippen molar-refractivity contribution in [1.82, 2.24) is 4.98 Å². The van der Waals surface area contributed by atoms with E-state index in [0.717, 1.165) is 50.5 Å². The van der Waals surface area contributed by atoms with E-state index in [1.807, 2.05) is 54.6 Å². The molecule has 0 unspecified atom stereocenters. The lowest BCUT2D eigenvalue weighted by atomic mass is 10.0. The minimum Gasteiger partial charge on any atom is -0.486 e. The summed E-state index contributed by atoms with van der Waals surface area (Å²) in [5.41, 5.74) is 6.02. The van der Waals surface area contributed by atoms with E-state index in [0.29, 0.717) is 19.6 Å². The lowest BCUT2D eigenvalue weighted by Gasteiger charge is -2.19. The van der Waals surface area contributed by atoms with Gasteiger partial charge in [0.1, 0.15) is 13.2 Å². The Hall–Kier alpha value is -4.04. The van der Waals surface area contributed by atoms with Crippen molar-refractivity contribution < 1.29 is 9.47 Å². The zero-order valence-electron chi connectivity index (χ0n) is 16.3. The second kappa shape index (κ2) is 7.76. The third kappa shape index (κ3) is 3.51. The highest BCUT2D eigenvalue weighted by Crippen LogP contribution is 2.36. The van der Waals surface area contributed by atoms with E-state index in [1.165, 1.54) is 0 Å². The van der Waals surface area contributed by atoms with Crippen LogP contribution in [0.2, 0.25) is 0 Å². The first-order chi connectivity index (χ1) is 14.8. The summed E-state index contributed by atoms with van der Waals surface area (Å²) >= 11 is 0. The Morgan fingerprint density at radius 2 is 1.63 bits per heavy atom. The van der Waals surface area contributed by atoms with E-state index in [4.69, 9.17) is 14.7 Å². The number of nitriles is 1. The van der Waals surface area contributed by atoms with Crippen molar-refractivity contribution in [1.29, 1.82) is 5.26 Å². The Labute approximate surface area is 174 Å². The standard InChI is InChI=1S/C25H19N3O2/c26-11-9-17-1-5-20(6-2-17)28-23-10-12-27-22-7-3-18(15-21(22)23)19-4-8-24-25(16-19)30-14-13-29-24/h1-8,10,12,15-16H,9,13-14H2,(H,27,28). The number of fused-ring (bicyclic) bond motifs is 2. The van der Waals surface area contributed by atoms with E-state index in [-0.39, 0.29) is 0 Å². The molecule has 1 aliphatic rings. The second-order valence-corrected chi connectivity index (χ2v) is 7.11. The number of ether oxygens (including phenoxy) is 2. The van der Waals surface area contributed by atoms with E-state index in [2.05, 4.69) is 28.5 Å². The van der Waals surface area contributed by atoms with Gasteiger partial charge in [-0.1, -0.05) is 24.3 Å². The molecule has 1 N–H and O–H groups in total. The number of nitrogens with zero attached hydrogens (tertiary/aromatic N) is 2. The van der Waals surface area contributed by atoms with Gasteiger partial charge >= 0.3 is 0 Å². The number of hydrogen-bond donors (Lipinski definition) is 1. The molecule has 0 amide bonds. The maximum absolute atomic E-state index is 8.84. The molecule has 0 aliphatic carbocycles. The van der Waals surface area contributed by atoms with Gasteiger partial charge in [0.15, 0.2) is 11.5 Å². The van der Waals surface area contributed by atoms with Gasteiger partial charge in [-0.05, 0) is 59.2 Å². The molecule has 4 aromatic rings. The van der Waals surface area contributed by atoms with E-state index < -0.39 is 0 Å². The van der Waals surface area contributed by atoms with Gasteiger partial charge in [-0.2, -0.15) is 5.26 Å². The van der Waals surface area contributed by atoms with Gasteiger partial charge in [-0.15, -0.1) is 0 Å². The van der Waals surface area contributed by atoms with Crippen LogP contribution in [0.3, 0.4) is 0 Å². The van der Waals surface area contributed by atoms with Crippen molar-refractivity contribution >= 4 is 22.3 Å². The zero-order chi connectivity index (χ0) is 20.3. The fourth-order valence-electron chi connectivity index (χ4n) is 3.61. The molecule has 30 heavy (non-hydrogen) atoms. The molecule has 5 heteroatoms. The summed E-state index contributed by atoms with van der Waals surface area (Å²) in [6.07, 6.45) is 2.22. The summed E-state index contributed by atoms with van der Waals surface area (Å²) in [6.45, 7) is 1.15. The summed E-state index contributed by atoms with van der Waals surface area (Å²) in [7, 11) is 0. The lowest BCUT2D eigenvalue weighted by molar-refractivity contribution is 0.171. The first-order valence-corrected chi connectivity index (χ1v) is 9.82. The Bertz CT molecular complexity index is 1260. The molecule has 0 fully saturated rings. The van der Waals surface area contributed by atoms with Gasteiger partial charge in [0.05, 0.1) is 18.0 Å². The molecule has 0 bridgehead atoms. The highest BCUT2D eigenvalue weighted by Gasteiger charge is 2.13. The van der Waals surface area contributed by atoms with Crippen LogP contribution < -0.4 is 14.8 Å². The normalized spacial score (nSPS) is 12.4. The van der Waals surface area contributed by atoms with Gasteiger partial charge in [0, 0.05) is 23.0 Å². The van der Waals surface area contributed by atoms with Crippen molar-refractivity contribution in [3.8, 4) is 28.7 Å². The minimum absolute atomic E-state index is 0.414. The van der Waals surface area contributed by atoms with Crippen molar-refractivity contribution in [2.24, 2.45) is 0 Å². The number of pyridine rings is 1. The summed E-state index contributed by atoms with van der Waals surface area (Å²) in [5, 5.41) is 13.4. The van der Waals surface area contributed by atoms with Gasteiger partial charge < -0.3 is 14.8 Å². The molecule has 0 saturated heterocycles. The number of benzene rings is 3. The van der Waals surface area contributed by atoms with Crippen LogP contribution in [0.1, 0.15) is 5.56 Å². The molecule has 5 nitrogen and oxygen atoms in total. The third-order valence-corrected chi connectivity index (χ3v) is 5.13. The Morgan fingerprint density at radius 3 is 2.47 bits per heavy atom. The smallest absolute Gasteiger partial charge is 0.161 e. The quantitative estimate of drug-likeness (QED) is 0.497.